The Bertz CT molecular complexity index is 1130. The number of non-ortho nitro benzene ring substituents is 1. The summed E-state index contributed by atoms with van der Waals surface area (Å²) >= 11 is 0. The van der Waals surface area contributed by atoms with Crippen molar-refractivity contribution >= 4 is 33.3 Å². The van der Waals surface area contributed by atoms with Crippen molar-refractivity contribution in [3.8, 4) is 5.75 Å². The van der Waals surface area contributed by atoms with Gasteiger partial charge in [-0.3, -0.25) is 19.6 Å². The largest absolute Gasteiger partial charge is 0.495 e. The molecule has 0 aliphatic heterocycles. The molecule has 33 heavy (non-hydrogen) atoms. The van der Waals surface area contributed by atoms with Gasteiger partial charge >= 0.3 is 5.97 Å². The summed E-state index contributed by atoms with van der Waals surface area (Å²) in [5, 5.41) is 13.6. The third-order valence-electron chi connectivity index (χ3n) is 4.56. The number of esters is 1. The number of ether oxygens (including phenoxy) is 2. The van der Waals surface area contributed by atoms with Crippen LogP contribution in [0.15, 0.2) is 47.4 Å². The molecular weight excluding hydrogens is 454 g/mol. The number of benzene rings is 2. The fourth-order valence-corrected chi connectivity index (χ4v) is 4.01. The Morgan fingerprint density at radius 3 is 2.24 bits per heavy atom. The summed E-state index contributed by atoms with van der Waals surface area (Å²) in [4.78, 5) is 34.6. The van der Waals surface area contributed by atoms with Crippen LogP contribution >= 0.6 is 0 Å². The number of nitro groups is 1. The normalized spacial score (nSPS) is 12.0. The number of hydrogen-bond donors (Lipinski definition) is 2. The van der Waals surface area contributed by atoms with E-state index < -0.39 is 32.9 Å². The van der Waals surface area contributed by atoms with Gasteiger partial charge in [0.15, 0.2) is 0 Å². The lowest BCUT2D eigenvalue weighted by Gasteiger charge is -2.18. The monoisotopic (exact) mass is 479 g/mol. The van der Waals surface area contributed by atoms with Gasteiger partial charge < -0.3 is 14.8 Å². The molecule has 2 rings (SSSR count). The van der Waals surface area contributed by atoms with E-state index in [2.05, 4.69) is 10.0 Å². The molecule has 2 N–H and O–H groups in total. The standard InChI is InChI=1S/C21H25N3O8S/c1-13(2)11-18(21(26)32-4)22-20(25)14-5-8-16(9-6-14)33(29,30)23-17-12-15(24(27)28)7-10-19(17)31-3/h5-10,12-13,18,23H,11H2,1-4H3,(H,22,25). The molecule has 0 saturated heterocycles. The highest BCUT2D eigenvalue weighted by Gasteiger charge is 2.24. The zero-order chi connectivity index (χ0) is 24.8. The second-order valence-corrected chi connectivity index (χ2v) is 9.13. The summed E-state index contributed by atoms with van der Waals surface area (Å²) in [6.45, 7) is 3.79. The number of anilines is 1. The third-order valence-corrected chi connectivity index (χ3v) is 5.94. The Kier molecular flexibility index (Phi) is 8.35. The van der Waals surface area contributed by atoms with E-state index in [1.807, 2.05) is 13.8 Å². The average Bonchev–Trinajstić information content (AvgIpc) is 2.77. The van der Waals surface area contributed by atoms with Crippen LogP contribution in [-0.2, 0) is 19.6 Å². The van der Waals surface area contributed by atoms with Gasteiger partial charge in [0, 0.05) is 17.7 Å². The van der Waals surface area contributed by atoms with Crippen LogP contribution in [0.25, 0.3) is 0 Å². The van der Waals surface area contributed by atoms with Crippen molar-refractivity contribution in [1.29, 1.82) is 0 Å². The molecule has 0 fully saturated rings. The Morgan fingerprint density at radius 1 is 1.09 bits per heavy atom. The van der Waals surface area contributed by atoms with Gasteiger partial charge in [-0.15, -0.1) is 0 Å². The summed E-state index contributed by atoms with van der Waals surface area (Å²) in [5.41, 5.74) is -0.287. The van der Waals surface area contributed by atoms with Crippen molar-refractivity contribution in [3.63, 3.8) is 0 Å². The molecular formula is C21H25N3O8S. The van der Waals surface area contributed by atoms with E-state index in [1.54, 1.807) is 0 Å². The minimum Gasteiger partial charge on any atom is -0.495 e. The van der Waals surface area contributed by atoms with E-state index in [0.29, 0.717) is 6.42 Å². The molecule has 1 unspecified atom stereocenters. The maximum atomic E-state index is 12.8. The molecule has 0 heterocycles. The Hall–Kier alpha value is -3.67. The molecule has 0 radical (unpaired) electrons. The number of carbonyl (C=O) groups excluding carboxylic acids is 2. The van der Waals surface area contributed by atoms with E-state index in [4.69, 9.17) is 9.47 Å². The van der Waals surface area contributed by atoms with E-state index in [9.17, 15) is 28.1 Å². The van der Waals surface area contributed by atoms with Crippen LogP contribution in [-0.4, -0.2) is 45.5 Å². The van der Waals surface area contributed by atoms with Crippen molar-refractivity contribution in [1.82, 2.24) is 5.32 Å². The van der Waals surface area contributed by atoms with Crippen LogP contribution in [0, 0.1) is 16.0 Å². The molecule has 0 aromatic heterocycles. The lowest BCUT2D eigenvalue weighted by molar-refractivity contribution is -0.384. The minimum absolute atomic E-state index is 0.0965. The molecule has 0 aliphatic carbocycles. The molecule has 0 aliphatic rings. The molecule has 1 atom stereocenters. The number of carbonyl (C=O) groups is 2. The van der Waals surface area contributed by atoms with Crippen molar-refractivity contribution in [2.45, 2.75) is 31.2 Å². The number of nitrogens with zero attached hydrogens (tertiary/aromatic N) is 1. The van der Waals surface area contributed by atoms with Gasteiger partial charge in [-0.2, -0.15) is 0 Å². The van der Waals surface area contributed by atoms with E-state index >= 15 is 0 Å². The summed E-state index contributed by atoms with van der Waals surface area (Å²) in [5.74, 6) is -0.923. The number of methoxy groups -OCH3 is 2. The average molecular weight is 480 g/mol. The Labute approximate surface area is 191 Å². The fourth-order valence-electron chi connectivity index (χ4n) is 2.95. The van der Waals surface area contributed by atoms with E-state index in [1.165, 1.54) is 50.6 Å². The second kappa shape index (κ2) is 10.8. The molecule has 11 nitrogen and oxygen atoms in total. The molecule has 0 spiro atoms. The van der Waals surface area contributed by atoms with Crippen LogP contribution in [0.4, 0.5) is 11.4 Å². The van der Waals surface area contributed by atoms with Crippen LogP contribution in [0.5, 0.6) is 5.75 Å². The van der Waals surface area contributed by atoms with Crippen molar-refractivity contribution in [2.24, 2.45) is 5.92 Å². The first-order valence-corrected chi connectivity index (χ1v) is 11.3. The zero-order valence-corrected chi connectivity index (χ0v) is 19.3. The molecule has 12 heteroatoms. The smallest absolute Gasteiger partial charge is 0.328 e. The highest BCUT2D eigenvalue weighted by atomic mass is 32.2. The summed E-state index contributed by atoms with van der Waals surface area (Å²) in [6, 6.07) is 7.65. The molecule has 0 saturated carbocycles. The Morgan fingerprint density at radius 2 is 1.73 bits per heavy atom. The van der Waals surface area contributed by atoms with Gasteiger partial charge in [0.1, 0.15) is 11.8 Å². The van der Waals surface area contributed by atoms with Gasteiger partial charge in [-0.25, -0.2) is 13.2 Å². The van der Waals surface area contributed by atoms with Crippen molar-refractivity contribution in [2.75, 3.05) is 18.9 Å². The zero-order valence-electron chi connectivity index (χ0n) is 18.5. The molecule has 178 valence electrons. The SMILES string of the molecule is COC(=O)C(CC(C)C)NC(=O)c1ccc(S(=O)(=O)Nc2cc([N+](=O)[O-])ccc2OC)cc1. The maximum Gasteiger partial charge on any atom is 0.328 e. The number of nitro benzene ring substituents is 1. The molecule has 1 amide bonds. The van der Waals surface area contributed by atoms with Crippen LogP contribution < -0.4 is 14.8 Å². The van der Waals surface area contributed by atoms with Crippen LogP contribution in [0.1, 0.15) is 30.6 Å². The molecule has 2 aromatic carbocycles. The topological polar surface area (TPSA) is 154 Å². The van der Waals surface area contributed by atoms with E-state index in [0.717, 1.165) is 6.07 Å². The number of hydrogen-bond acceptors (Lipinski definition) is 8. The van der Waals surface area contributed by atoms with Gasteiger partial charge in [0.05, 0.1) is 29.7 Å². The van der Waals surface area contributed by atoms with Gasteiger partial charge in [0.2, 0.25) is 0 Å². The number of sulfonamides is 1. The number of amides is 1. The third kappa shape index (κ3) is 6.65. The maximum absolute atomic E-state index is 12.8. The van der Waals surface area contributed by atoms with E-state index in [-0.39, 0.29) is 33.5 Å². The minimum atomic E-state index is -4.15. The lowest BCUT2D eigenvalue weighted by Crippen LogP contribution is -2.42. The fraction of sp³-hybridized carbons (Fsp3) is 0.333. The predicted molar refractivity (Wildman–Crippen MR) is 120 cm³/mol. The quantitative estimate of drug-likeness (QED) is 0.299. The van der Waals surface area contributed by atoms with Gasteiger partial charge in [-0.1, -0.05) is 13.8 Å². The highest BCUT2D eigenvalue weighted by molar-refractivity contribution is 7.92. The predicted octanol–water partition coefficient (Wildman–Crippen LogP) is 2.72. The lowest BCUT2D eigenvalue weighted by atomic mass is 10.0. The van der Waals surface area contributed by atoms with Gasteiger partial charge in [0.25, 0.3) is 21.6 Å². The first-order chi connectivity index (χ1) is 15.5. The van der Waals surface area contributed by atoms with Crippen LogP contribution in [0.3, 0.4) is 0 Å². The number of nitrogens with one attached hydrogen (secondary N) is 2. The first kappa shape index (κ1) is 25.6. The first-order valence-electron chi connectivity index (χ1n) is 9.82. The van der Waals surface area contributed by atoms with Crippen molar-refractivity contribution < 1.29 is 32.4 Å². The molecule has 0 bridgehead atoms. The molecule has 2 aromatic rings. The van der Waals surface area contributed by atoms with Gasteiger partial charge in [-0.05, 0) is 42.7 Å². The second-order valence-electron chi connectivity index (χ2n) is 7.45. The summed E-state index contributed by atoms with van der Waals surface area (Å²) < 4.78 is 37.6. The summed E-state index contributed by atoms with van der Waals surface area (Å²) in [7, 11) is -1.62. The van der Waals surface area contributed by atoms with Crippen LogP contribution in [0.2, 0.25) is 0 Å². The number of rotatable bonds is 10. The summed E-state index contributed by atoms with van der Waals surface area (Å²) in [6.07, 6.45) is 0.375. The van der Waals surface area contributed by atoms with Crippen molar-refractivity contribution in [3.05, 3.63) is 58.1 Å². The Balaban J connectivity index is 2.23. The highest BCUT2D eigenvalue weighted by Crippen LogP contribution is 2.30.